The van der Waals surface area contributed by atoms with Gasteiger partial charge in [0.05, 0.1) is 19.3 Å². The lowest BCUT2D eigenvalue weighted by molar-refractivity contribution is -0.123. The number of hydrogen-bond donors (Lipinski definition) is 2. The minimum absolute atomic E-state index is 0.0297. The number of carbonyl (C=O) groups is 1. The van der Waals surface area contributed by atoms with Crippen LogP contribution >= 0.6 is 0 Å². The van der Waals surface area contributed by atoms with Crippen molar-refractivity contribution in [2.24, 2.45) is 0 Å². The summed E-state index contributed by atoms with van der Waals surface area (Å²) in [7, 11) is 0. The smallest absolute Gasteiger partial charge is 0.261 e. The van der Waals surface area contributed by atoms with Gasteiger partial charge in [-0.3, -0.25) is 4.79 Å². The topological polar surface area (TPSA) is 58.6 Å². The average molecular weight is 225 g/mol. The first kappa shape index (κ1) is 14.2. The molecule has 0 aliphatic heterocycles. The van der Waals surface area contributed by atoms with Gasteiger partial charge in [0.25, 0.3) is 6.43 Å². The van der Waals surface area contributed by atoms with Crippen LogP contribution in [0.25, 0.3) is 0 Å². The molecular formula is C9H17F2NO3. The van der Waals surface area contributed by atoms with E-state index in [2.05, 4.69) is 10.1 Å². The highest BCUT2D eigenvalue weighted by molar-refractivity contribution is 5.76. The summed E-state index contributed by atoms with van der Waals surface area (Å²) in [6.07, 6.45) is -1.85. The lowest BCUT2D eigenvalue weighted by Gasteiger charge is -2.13. The summed E-state index contributed by atoms with van der Waals surface area (Å²) in [5, 5.41) is 11.3. The number of ether oxygens (including phenoxy) is 1. The van der Waals surface area contributed by atoms with Gasteiger partial charge in [-0.05, 0) is 6.42 Å². The Hall–Kier alpha value is -0.750. The summed E-state index contributed by atoms with van der Waals surface area (Å²) in [5.41, 5.74) is 0. The molecule has 6 heteroatoms. The van der Waals surface area contributed by atoms with Crippen LogP contribution in [0.5, 0.6) is 0 Å². The second-order valence-electron chi connectivity index (χ2n) is 3.07. The average Bonchev–Trinajstić information content (AvgIpc) is 2.20. The van der Waals surface area contributed by atoms with E-state index in [-0.39, 0.29) is 31.6 Å². The predicted octanol–water partition coefficient (Wildman–Crippen LogP) is 0.545. The molecule has 0 radical (unpaired) electrons. The van der Waals surface area contributed by atoms with Gasteiger partial charge in [-0.1, -0.05) is 6.92 Å². The van der Waals surface area contributed by atoms with E-state index in [1.165, 1.54) is 0 Å². The fraction of sp³-hybridized carbons (Fsp3) is 0.889. The van der Waals surface area contributed by atoms with Crippen LogP contribution in [0.15, 0.2) is 0 Å². The summed E-state index contributed by atoms with van der Waals surface area (Å²) >= 11 is 0. The lowest BCUT2D eigenvalue weighted by atomic mass is 10.2. The van der Waals surface area contributed by atoms with Crippen molar-refractivity contribution in [3.63, 3.8) is 0 Å². The van der Waals surface area contributed by atoms with Crippen molar-refractivity contribution < 1.29 is 23.4 Å². The molecule has 0 aromatic carbocycles. The maximum atomic E-state index is 11.6. The predicted molar refractivity (Wildman–Crippen MR) is 50.7 cm³/mol. The highest BCUT2D eigenvalue weighted by atomic mass is 19.3. The normalized spacial score (nSPS) is 12.9. The number of hydrogen-bond acceptors (Lipinski definition) is 3. The molecule has 0 saturated carbocycles. The van der Waals surface area contributed by atoms with E-state index < -0.39 is 13.0 Å². The van der Waals surface area contributed by atoms with Crippen molar-refractivity contribution in [1.29, 1.82) is 0 Å². The van der Waals surface area contributed by atoms with Crippen LogP contribution in [0.3, 0.4) is 0 Å². The van der Waals surface area contributed by atoms with E-state index in [1.807, 2.05) is 6.92 Å². The van der Waals surface area contributed by atoms with E-state index in [9.17, 15) is 13.6 Å². The van der Waals surface area contributed by atoms with E-state index in [0.717, 1.165) is 0 Å². The van der Waals surface area contributed by atoms with Crippen molar-refractivity contribution in [3.8, 4) is 0 Å². The number of rotatable bonds is 8. The largest absolute Gasteiger partial charge is 0.394 e. The van der Waals surface area contributed by atoms with Crippen molar-refractivity contribution in [1.82, 2.24) is 5.32 Å². The number of halogens is 2. The first-order valence-electron chi connectivity index (χ1n) is 4.86. The van der Waals surface area contributed by atoms with Crippen molar-refractivity contribution in [2.45, 2.75) is 32.2 Å². The number of amides is 1. The Morgan fingerprint density at radius 3 is 2.67 bits per heavy atom. The van der Waals surface area contributed by atoms with E-state index in [0.29, 0.717) is 6.42 Å². The lowest BCUT2D eigenvalue weighted by Crippen LogP contribution is -2.37. The Bertz CT molecular complexity index is 175. The molecule has 1 amide bonds. The Morgan fingerprint density at radius 1 is 1.53 bits per heavy atom. The second kappa shape index (κ2) is 8.55. The summed E-state index contributed by atoms with van der Waals surface area (Å²) < 4.78 is 27.8. The Kier molecular flexibility index (Phi) is 8.12. The van der Waals surface area contributed by atoms with E-state index in [1.54, 1.807) is 0 Å². The fourth-order valence-electron chi connectivity index (χ4n) is 0.914. The van der Waals surface area contributed by atoms with Crippen LogP contribution in [-0.4, -0.2) is 43.3 Å². The molecular weight excluding hydrogens is 208 g/mol. The van der Waals surface area contributed by atoms with E-state index >= 15 is 0 Å². The standard InChI is InChI=1S/C9H17F2NO3/c1-2-7(5-13)12-9(14)3-4-15-6-8(10)11/h7-8,13H,2-6H2,1H3,(H,12,14)/t7-/m1/s1. The monoisotopic (exact) mass is 225 g/mol. The number of nitrogens with one attached hydrogen (secondary N) is 1. The Balaban J connectivity index is 3.48. The highest BCUT2D eigenvalue weighted by Crippen LogP contribution is 1.95. The zero-order valence-corrected chi connectivity index (χ0v) is 8.71. The minimum atomic E-state index is -2.51. The molecule has 1 atom stereocenters. The Labute approximate surface area is 87.6 Å². The summed E-state index contributed by atoms with van der Waals surface area (Å²) in [6.45, 7) is 1.02. The second-order valence-corrected chi connectivity index (χ2v) is 3.07. The van der Waals surface area contributed by atoms with Crippen LogP contribution in [0.1, 0.15) is 19.8 Å². The summed E-state index contributed by atoms with van der Waals surface area (Å²) in [5.74, 6) is -0.301. The molecule has 0 bridgehead atoms. The molecule has 4 nitrogen and oxygen atoms in total. The van der Waals surface area contributed by atoms with Gasteiger partial charge in [0.2, 0.25) is 5.91 Å². The van der Waals surface area contributed by atoms with Crippen molar-refractivity contribution >= 4 is 5.91 Å². The molecule has 0 spiro atoms. The molecule has 0 aromatic rings. The molecule has 90 valence electrons. The third kappa shape index (κ3) is 8.26. The first-order valence-corrected chi connectivity index (χ1v) is 4.86. The molecule has 0 aromatic heterocycles. The molecule has 2 N–H and O–H groups in total. The van der Waals surface area contributed by atoms with Gasteiger partial charge in [-0.25, -0.2) is 8.78 Å². The van der Waals surface area contributed by atoms with Crippen LogP contribution in [-0.2, 0) is 9.53 Å². The molecule has 0 fully saturated rings. The molecule has 0 heterocycles. The van der Waals surface area contributed by atoms with Gasteiger partial charge in [0.1, 0.15) is 6.61 Å². The number of alkyl halides is 2. The van der Waals surface area contributed by atoms with Gasteiger partial charge in [0.15, 0.2) is 0 Å². The quantitative estimate of drug-likeness (QED) is 0.593. The highest BCUT2D eigenvalue weighted by Gasteiger charge is 2.09. The Morgan fingerprint density at radius 2 is 2.20 bits per heavy atom. The van der Waals surface area contributed by atoms with E-state index in [4.69, 9.17) is 5.11 Å². The van der Waals surface area contributed by atoms with Gasteiger partial charge in [0, 0.05) is 6.42 Å². The van der Waals surface area contributed by atoms with Crippen LogP contribution in [0, 0.1) is 0 Å². The zero-order chi connectivity index (χ0) is 11.7. The third-order valence-electron chi connectivity index (χ3n) is 1.80. The molecule has 0 aliphatic carbocycles. The molecule has 0 aliphatic rings. The maximum absolute atomic E-state index is 11.6. The van der Waals surface area contributed by atoms with Crippen LogP contribution in [0.4, 0.5) is 8.78 Å². The SMILES string of the molecule is CC[C@H](CO)NC(=O)CCOCC(F)F. The minimum Gasteiger partial charge on any atom is -0.394 e. The zero-order valence-electron chi connectivity index (χ0n) is 8.71. The van der Waals surface area contributed by atoms with Gasteiger partial charge >= 0.3 is 0 Å². The van der Waals surface area contributed by atoms with Gasteiger partial charge in [-0.2, -0.15) is 0 Å². The van der Waals surface area contributed by atoms with Gasteiger partial charge in [-0.15, -0.1) is 0 Å². The molecule has 15 heavy (non-hydrogen) atoms. The van der Waals surface area contributed by atoms with Crippen LogP contribution in [0.2, 0.25) is 0 Å². The molecule has 0 saturated heterocycles. The van der Waals surface area contributed by atoms with Crippen LogP contribution < -0.4 is 5.32 Å². The summed E-state index contributed by atoms with van der Waals surface area (Å²) in [6, 6.07) is -0.271. The molecule has 0 unspecified atom stereocenters. The summed E-state index contributed by atoms with van der Waals surface area (Å²) in [4.78, 5) is 11.1. The maximum Gasteiger partial charge on any atom is 0.261 e. The molecule has 0 rings (SSSR count). The van der Waals surface area contributed by atoms with Crippen molar-refractivity contribution in [3.05, 3.63) is 0 Å². The number of aliphatic hydroxyl groups is 1. The fourth-order valence-corrected chi connectivity index (χ4v) is 0.914. The van der Waals surface area contributed by atoms with Gasteiger partial charge < -0.3 is 15.2 Å². The number of carbonyl (C=O) groups excluding carboxylic acids is 1. The third-order valence-corrected chi connectivity index (χ3v) is 1.80. The number of aliphatic hydroxyl groups excluding tert-OH is 1. The first-order chi connectivity index (χ1) is 7.10. The van der Waals surface area contributed by atoms with Crippen molar-refractivity contribution in [2.75, 3.05) is 19.8 Å².